The standard InChI is InChI=1S/C14H16O3S/c15-14(11-4-7-18-9-11)10-2-3-12-13(8-10)17-6-1-5-16-12/h2-3,8,11H,1,4-7,9H2. The molecule has 0 N–H and O–H groups in total. The molecule has 0 bridgehead atoms. The lowest BCUT2D eigenvalue weighted by molar-refractivity contribution is 0.0933. The van der Waals surface area contributed by atoms with Crippen LogP contribution in [-0.2, 0) is 0 Å². The number of benzene rings is 1. The lowest BCUT2D eigenvalue weighted by Gasteiger charge is -2.11. The first-order valence-corrected chi connectivity index (χ1v) is 7.51. The lowest BCUT2D eigenvalue weighted by Crippen LogP contribution is -2.14. The van der Waals surface area contributed by atoms with Crippen molar-refractivity contribution >= 4 is 17.5 Å². The van der Waals surface area contributed by atoms with E-state index in [1.54, 1.807) is 0 Å². The Morgan fingerprint density at radius 2 is 2.06 bits per heavy atom. The summed E-state index contributed by atoms with van der Waals surface area (Å²) < 4.78 is 11.2. The van der Waals surface area contributed by atoms with Crippen molar-refractivity contribution in [2.24, 2.45) is 5.92 Å². The summed E-state index contributed by atoms with van der Waals surface area (Å²) in [4.78, 5) is 12.3. The van der Waals surface area contributed by atoms with Crippen molar-refractivity contribution in [3.05, 3.63) is 23.8 Å². The number of thioether (sulfide) groups is 1. The van der Waals surface area contributed by atoms with Crippen LogP contribution in [-0.4, -0.2) is 30.5 Å². The first-order chi connectivity index (χ1) is 8.84. The van der Waals surface area contributed by atoms with Gasteiger partial charge in [0.15, 0.2) is 17.3 Å². The van der Waals surface area contributed by atoms with Crippen LogP contribution in [0.4, 0.5) is 0 Å². The van der Waals surface area contributed by atoms with Crippen LogP contribution in [0.25, 0.3) is 0 Å². The van der Waals surface area contributed by atoms with Crippen molar-refractivity contribution in [3.63, 3.8) is 0 Å². The molecule has 0 amide bonds. The molecule has 1 unspecified atom stereocenters. The van der Waals surface area contributed by atoms with Crippen LogP contribution >= 0.6 is 11.8 Å². The summed E-state index contributed by atoms with van der Waals surface area (Å²) in [6, 6.07) is 5.56. The molecule has 1 atom stereocenters. The van der Waals surface area contributed by atoms with Gasteiger partial charge in [-0.15, -0.1) is 0 Å². The van der Waals surface area contributed by atoms with Gasteiger partial charge in [0.1, 0.15) is 0 Å². The Morgan fingerprint density at radius 3 is 2.83 bits per heavy atom. The van der Waals surface area contributed by atoms with Gasteiger partial charge in [0.05, 0.1) is 13.2 Å². The number of rotatable bonds is 2. The monoisotopic (exact) mass is 264 g/mol. The molecule has 96 valence electrons. The van der Waals surface area contributed by atoms with Crippen LogP contribution in [0.1, 0.15) is 23.2 Å². The van der Waals surface area contributed by atoms with Gasteiger partial charge in [-0.05, 0) is 30.4 Å². The van der Waals surface area contributed by atoms with E-state index in [4.69, 9.17) is 9.47 Å². The van der Waals surface area contributed by atoms with Gasteiger partial charge in [-0.25, -0.2) is 0 Å². The lowest BCUT2D eigenvalue weighted by atomic mass is 9.97. The quantitative estimate of drug-likeness (QED) is 0.769. The molecule has 3 rings (SSSR count). The first kappa shape index (κ1) is 11.9. The molecule has 1 fully saturated rings. The van der Waals surface area contributed by atoms with Crippen LogP contribution in [0.15, 0.2) is 18.2 Å². The van der Waals surface area contributed by atoms with Crippen molar-refractivity contribution in [2.75, 3.05) is 24.7 Å². The average Bonchev–Trinajstić information content (AvgIpc) is 2.83. The van der Waals surface area contributed by atoms with E-state index in [0.29, 0.717) is 19.0 Å². The Morgan fingerprint density at radius 1 is 1.22 bits per heavy atom. The van der Waals surface area contributed by atoms with Crippen LogP contribution < -0.4 is 9.47 Å². The minimum absolute atomic E-state index is 0.180. The second-order valence-corrected chi connectivity index (χ2v) is 5.79. The summed E-state index contributed by atoms with van der Waals surface area (Å²) in [7, 11) is 0. The number of Topliss-reactive ketones (excluding diaryl/α,β-unsaturated/α-hetero) is 1. The van der Waals surface area contributed by atoms with E-state index in [0.717, 1.165) is 35.7 Å². The van der Waals surface area contributed by atoms with Gasteiger partial charge in [0.25, 0.3) is 0 Å². The molecule has 1 saturated heterocycles. The third-order valence-electron chi connectivity index (χ3n) is 3.33. The van der Waals surface area contributed by atoms with Gasteiger partial charge in [0, 0.05) is 23.7 Å². The third-order valence-corrected chi connectivity index (χ3v) is 4.49. The topological polar surface area (TPSA) is 35.5 Å². The molecule has 3 nitrogen and oxygen atoms in total. The molecule has 1 aromatic carbocycles. The van der Waals surface area contributed by atoms with E-state index >= 15 is 0 Å². The van der Waals surface area contributed by atoms with Crippen molar-refractivity contribution < 1.29 is 14.3 Å². The van der Waals surface area contributed by atoms with Gasteiger partial charge in [-0.1, -0.05) is 0 Å². The second-order valence-electron chi connectivity index (χ2n) is 4.64. The summed E-state index contributed by atoms with van der Waals surface area (Å²) >= 11 is 1.86. The number of fused-ring (bicyclic) bond motifs is 1. The zero-order chi connectivity index (χ0) is 12.4. The van der Waals surface area contributed by atoms with Gasteiger partial charge in [-0.2, -0.15) is 11.8 Å². The van der Waals surface area contributed by atoms with E-state index in [1.165, 1.54) is 0 Å². The fourth-order valence-electron chi connectivity index (χ4n) is 2.29. The van der Waals surface area contributed by atoms with E-state index in [9.17, 15) is 4.79 Å². The fraction of sp³-hybridized carbons (Fsp3) is 0.500. The third kappa shape index (κ3) is 2.34. The first-order valence-electron chi connectivity index (χ1n) is 6.36. The summed E-state index contributed by atoms with van der Waals surface area (Å²) in [6.45, 7) is 1.34. The number of carbonyl (C=O) groups is 1. The number of hydrogen-bond acceptors (Lipinski definition) is 4. The smallest absolute Gasteiger partial charge is 0.166 e. The molecule has 0 aromatic heterocycles. The Bertz CT molecular complexity index is 452. The van der Waals surface area contributed by atoms with Crippen LogP contribution in [0, 0.1) is 5.92 Å². The van der Waals surface area contributed by atoms with Crippen LogP contribution in [0.5, 0.6) is 11.5 Å². The minimum Gasteiger partial charge on any atom is -0.490 e. The Hall–Kier alpha value is -1.16. The SMILES string of the molecule is O=C(c1ccc2c(c1)OCCCO2)C1CCSC1. The van der Waals surface area contributed by atoms with Crippen molar-refractivity contribution in [1.29, 1.82) is 0 Å². The zero-order valence-corrected chi connectivity index (χ0v) is 11.0. The maximum atomic E-state index is 12.3. The highest BCUT2D eigenvalue weighted by atomic mass is 32.2. The predicted octanol–water partition coefficient (Wildman–Crippen LogP) is 2.78. The normalized spacial score (nSPS) is 22.6. The summed E-state index contributed by atoms with van der Waals surface area (Å²) in [5.74, 6) is 3.94. The largest absolute Gasteiger partial charge is 0.490 e. The number of ketones is 1. The van der Waals surface area contributed by atoms with Crippen LogP contribution in [0.3, 0.4) is 0 Å². The highest BCUT2D eigenvalue weighted by molar-refractivity contribution is 7.99. The maximum Gasteiger partial charge on any atom is 0.166 e. The van der Waals surface area contributed by atoms with Gasteiger partial charge in [-0.3, -0.25) is 4.79 Å². The molecular formula is C14H16O3S. The number of ether oxygens (including phenoxy) is 2. The van der Waals surface area contributed by atoms with Crippen molar-refractivity contribution in [2.45, 2.75) is 12.8 Å². The van der Waals surface area contributed by atoms with E-state index in [-0.39, 0.29) is 11.7 Å². The molecular weight excluding hydrogens is 248 g/mol. The highest BCUT2D eigenvalue weighted by Gasteiger charge is 2.25. The zero-order valence-electron chi connectivity index (χ0n) is 10.2. The summed E-state index contributed by atoms with van der Waals surface area (Å²) in [5, 5.41) is 0. The van der Waals surface area contributed by atoms with E-state index < -0.39 is 0 Å². The van der Waals surface area contributed by atoms with Crippen LogP contribution in [0.2, 0.25) is 0 Å². The molecule has 2 heterocycles. The van der Waals surface area contributed by atoms with E-state index in [1.807, 2.05) is 30.0 Å². The van der Waals surface area contributed by atoms with Crippen molar-refractivity contribution in [3.8, 4) is 11.5 Å². The maximum absolute atomic E-state index is 12.3. The molecule has 2 aliphatic rings. The summed E-state index contributed by atoms with van der Waals surface area (Å²) in [6.07, 6.45) is 1.88. The number of hydrogen-bond donors (Lipinski definition) is 0. The molecule has 0 spiro atoms. The average molecular weight is 264 g/mol. The van der Waals surface area contributed by atoms with Crippen molar-refractivity contribution in [1.82, 2.24) is 0 Å². The van der Waals surface area contributed by atoms with Gasteiger partial charge >= 0.3 is 0 Å². The number of carbonyl (C=O) groups excluding carboxylic acids is 1. The minimum atomic E-state index is 0.180. The fourth-order valence-corrected chi connectivity index (χ4v) is 3.51. The Balaban J connectivity index is 1.84. The molecule has 0 aliphatic carbocycles. The molecule has 0 saturated carbocycles. The predicted molar refractivity (Wildman–Crippen MR) is 71.8 cm³/mol. The highest BCUT2D eigenvalue weighted by Crippen LogP contribution is 2.33. The molecule has 2 aliphatic heterocycles. The second kappa shape index (κ2) is 5.22. The Kier molecular flexibility index (Phi) is 3.46. The molecule has 18 heavy (non-hydrogen) atoms. The molecule has 4 heteroatoms. The Labute approximate surface area is 111 Å². The van der Waals surface area contributed by atoms with Gasteiger partial charge < -0.3 is 9.47 Å². The summed E-state index contributed by atoms with van der Waals surface area (Å²) in [5.41, 5.74) is 0.756. The molecule has 1 aromatic rings. The van der Waals surface area contributed by atoms with E-state index in [2.05, 4.69) is 0 Å². The molecule has 0 radical (unpaired) electrons. The van der Waals surface area contributed by atoms with Gasteiger partial charge in [0.2, 0.25) is 0 Å².